The lowest BCUT2D eigenvalue weighted by atomic mass is 10.1. The highest BCUT2D eigenvalue weighted by Gasteiger charge is 2.14. The molecule has 0 fully saturated rings. The molecule has 7 nitrogen and oxygen atoms in total. The van der Waals surface area contributed by atoms with Crippen molar-refractivity contribution in [2.45, 2.75) is 26.6 Å². The minimum Gasteiger partial charge on any atom is -0.497 e. The van der Waals surface area contributed by atoms with Crippen molar-refractivity contribution in [3.05, 3.63) is 83.4 Å². The zero-order valence-corrected chi connectivity index (χ0v) is 19.2. The van der Waals surface area contributed by atoms with Crippen molar-refractivity contribution in [3.8, 4) is 23.0 Å². The van der Waals surface area contributed by atoms with Gasteiger partial charge in [0.2, 0.25) is 0 Å². The SMILES string of the molecule is COc1cccc(OC(C)C(=O)N/N=C/c2ccc(OCc3ccccc3C)c(OC)c2)c1. The van der Waals surface area contributed by atoms with Crippen LogP contribution in [0.3, 0.4) is 0 Å². The molecule has 1 atom stereocenters. The summed E-state index contributed by atoms with van der Waals surface area (Å²) in [4.78, 5) is 12.3. The Morgan fingerprint density at radius 2 is 1.76 bits per heavy atom. The summed E-state index contributed by atoms with van der Waals surface area (Å²) >= 11 is 0. The number of aryl methyl sites for hydroxylation is 1. The molecular weight excluding hydrogens is 420 g/mol. The lowest BCUT2D eigenvalue weighted by Crippen LogP contribution is -2.33. The van der Waals surface area contributed by atoms with Crippen molar-refractivity contribution in [2.24, 2.45) is 5.10 Å². The summed E-state index contributed by atoms with van der Waals surface area (Å²) in [5.74, 6) is 2.01. The van der Waals surface area contributed by atoms with Crippen LogP contribution < -0.4 is 24.4 Å². The van der Waals surface area contributed by atoms with Crippen LogP contribution in [0.1, 0.15) is 23.6 Å². The van der Waals surface area contributed by atoms with Crippen LogP contribution in [0.25, 0.3) is 0 Å². The monoisotopic (exact) mass is 448 g/mol. The fourth-order valence-corrected chi connectivity index (χ4v) is 3.00. The van der Waals surface area contributed by atoms with Gasteiger partial charge in [0.1, 0.15) is 18.1 Å². The first-order valence-corrected chi connectivity index (χ1v) is 10.5. The number of nitrogens with zero attached hydrogens (tertiary/aromatic N) is 1. The van der Waals surface area contributed by atoms with E-state index in [1.807, 2.05) is 43.3 Å². The van der Waals surface area contributed by atoms with Crippen LogP contribution in [0.4, 0.5) is 0 Å². The van der Waals surface area contributed by atoms with Crippen molar-refractivity contribution in [2.75, 3.05) is 14.2 Å². The smallest absolute Gasteiger partial charge is 0.280 e. The third kappa shape index (κ3) is 6.74. The van der Waals surface area contributed by atoms with Crippen LogP contribution in [-0.2, 0) is 11.4 Å². The summed E-state index contributed by atoms with van der Waals surface area (Å²) in [7, 11) is 3.15. The molecule has 3 rings (SSSR count). The number of hydrogen-bond acceptors (Lipinski definition) is 6. The second-order valence-electron chi connectivity index (χ2n) is 7.30. The average Bonchev–Trinajstić information content (AvgIpc) is 2.83. The molecular formula is C26H28N2O5. The molecule has 0 aliphatic rings. The molecule has 3 aromatic rings. The fraction of sp³-hybridized carbons (Fsp3) is 0.231. The van der Waals surface area contributed by atoms with Crippen LogP contribution in [0.15, 0.2) is 71.8 Å². The van der Waals surface area contributed by atoms with Gasteiger partial charge in [-0.15, -0.1) is 0 Å². The van der Waals surface area contributed by atoms with Crippen molar-refractivity contribution < 1.29 is 23.7 Å². The third-order valence-corrected chi connectivity index (χ3v) is 4.94. The topological polar surface area (TPSA) is 78.4 Å². The van der Waals surface area contributed by atoms with Gasteiger partial charge in [-0.1, -0.05) is 30.3 Å². The summed E-state index contributed by atoms with van der Waals surface area (Å²) in [5, 5.41) is 4.02. The predicted octanol–water partition coefficient (Wildman–Crippen LogP) is 4.51. The molecule has 7 heteroatoms. The van der Waals surface area contributed by atoms with Gasteiger partial charge in [0.25, 0.3) is 5.91 Å². The van der Waals surface area contributed by atoms with Gasteiger partial charge in [-0.2, -0.15) is 5.10 Å². The third-order valence-electron chi connectivity index (χ3n) is 4.94. The van der Waals surface area contributed by atoms with Crippen molar-refractivity contribution in [1.82, 2.24) is 5.43 Å². The lowest BCUT2D eigenvalue weighted by molar-refractivity contribution is -0.127. The van der Waals surface area contributed by atoms with Gasteiger partial charge in [-0.25, -0.2) is 5.43 Å². The van der Waals surface area contributed by atoms with E-state index in [0.717, 1.165) is 11.1 Å². The van der Waals surface area contributed by atoms with E-state index in [-0.39, 0.29) is 5.91 Å². The Morgan fingerprint density at radius 3 is 2.52 bits per heavy atom. The van der Waals surface area contributed by atoms with Crippen LogP contribution in [0, 0.1) is 6.92 Å². The highest BCUT2D eigenvalue weighted by Crippen LogP contribution is 2.28. The van der Waals surface area contributed by atoms with Gasteiger partial charge in [0.15, 0.2) is 17.6 Å². The van der Waals surface area contributed by atoms with Crippen LogP contribution >= 0.6 is 0 Å². The molecule has 0 aliphatic heterocycles. The largest absolute Gasteiger partial charge is 0.497 e. The highest BCUT2D eigenvalue weighted by atomic mass is 16.5. The van der Waals surface area contributed by atoms with E-state index in [4.69, 9.17) is 18.9 Å². The Morgan fingerprint density at radius 1 is 0.970 bits per heavy atom. The molecule has 0 aliphatic carbocycles. The molecule has 0 radical (unpaired) electrons. The Hall–Kier alpha value is -4.00. The molecule has 0 saturated heterocycles. The summed E-state index contributed by atoms with van der Waals surface area (Å²) in [5.41, 5.74) is 5.51. The number of hydrazone groups is 1. The maximum absolute atomic E-state index is 12.3. The molecule has 0 aromatic heterocycles. The van der Waals surface area contributed by atoms with Crippen molar-refractivity contribution >= 4 is 12.1 Å². The number of carbonyl (C=O) groups excluding carboxylic acids is 1. The quantitative estimate of drug-likeness (QED) is 0.365. The summed E-state index contributed by atoms with van der Waals surface area (Å²) in [6.45, 7) is 4.14. The fourth-order valence-electron chi connectivity index (χ4n) is 3.00. The standard InChI is InChI=1S/C26H28N2O5/c1-18-8-5-6-9-21(18)17-32-24-13-12-20(14-25(24)31-4)16-27-28-26(29)19(2)33-23-11-7-10-22(15-23)30-3/h5-16,19H,17H2,1-4H3,(H,28,29)/b27-16+. The number of amides is 1. The zero-order chi connectivity index (χ0) is 23.6. The second kappa shape index (κ2) is 11.6. The van der Waals surface area contributed by atoms with Crippen molar-refractivity contribution in [1.29, 1.82) is 0 Å². The van der Waals surface area contributed by atoms with Gasteiger partial charge in [-0.3, -0.25) is 4.79 Å². The van der Waals surface area contributed by atoms with Crippen LogP contribution in [0.5, 0.6) is 23.0 Å². The van der Waals surface area contributed by atoms with Crippen LogP contribution in [0.2, 0.25) is 0 Å². The van der Waals surface area contributed by atoms with Gasteiger partial charge >= 0.3 is 0 Å². The molecule has 0 bridgehead atoms. The number of rotatable bonds is 10. The molecule has 33 heavy (non-hydrogen) atoms. The number of ether oxygens (including phenoxy) is 4. The molecule has 1 amide bonds. The first-order valence-electron chi connectivity index (χ1n) is 10.5. The first-order chi connectivity index (χ1) is 16.0. The molecule has 3 aromatic carbocycles. The van der Waals surface area contributed by atoms with Gasteiger partial charge in [0.05, 0.1) is 20.4 Å². The minimum absolute atomic E-state index is 0.376. The minimum atomic E-state index is -0.735. The number of methoxy groups -OCH3 is 2. The Labute approximate surface area is 193 Å². The number of hydrogen-bond donors (Lipinski definition) is 1. The van der Waals surface area contributed by atoms with E-state index in [0.29, 0.717) is 29.6 Å². The van der Waals surface area contributed by atoms with E-state index in [1.165, 1.54) is 11.8 Å². The summed E-state index contributed by atoms with van der Waals surface area (Å²) in [6.07, 6.45) is 0.796. The predicted molar refractivity (Wildman–Crippen MR) is 127 cm³/mol. The maximum atomic E-state index is 12.3. The summed E-state index contributed by atoms with van der Waals surface area (Å²) in [6, 6.07) is 20.6. The maximum Gasteiger partial charge on any atom is 0.280 e. The normalized spacial score (nSPS) is 11.6. The summed E-state index contributed by atoms with van der Waals surface area (Å²) < 4.78 is 22.2. The Kier molecular flexibility index (Phi) is 8.30. The molecule has 172 valence electrons. The van der Waals surface area contributed by atoms with Gasteiger partial charge in [-0.05, 0) is 60.9 Å². The van der Waals surface area contributed by atoms with Gasteiger partial charge < -0.3 is 18.9 Å². The second-order valence-corrected chi connectivity index (χ2v) is 7.30. The van der Waals surface area contributed by atoms with E-state index in [9.17, 15) is 4.79 Å². The molecule has 0 heterocycles. The van der Waals surface area contributed by atoms with Crippen molar-refractivity contribution in [3.63, 3.8) is 0 Å². The zero-order valence-electron chi connectivity index (χ0n) is 19.2. The number of benzene rings is 3. The van der Waals surface area contributed by atoms with E-state index in [2.05, 4.69) is 10.5 Å². The molecule has 0 saturated carbocycles. The van der Waals surface area contributed by atoms with E-state index < -0.39 is 6.10 Å². The van der Waals surface area contributed by atoms with E-state index in [1.54, 1.807) is 51.5 Å². The number of nitrogens with one attached hydrogen (secondary N) is 1. The van der Waals surface area contributed by atoms with E-state index >= 15 is 0 Å². The van der Waals surface area contributed by atoms with Gasteiger partial charge in [0, 0.05) is 6.07 Å². The lowest BCUT2D eigenvalue weighted by Gasteiger charge is -2.13. The molecule has 1 N–H and O–H groups in total. The Bertz CT molecular complexity index is 1110. The molecule has 1 unspecified atom stereocenters. The number of carbonyl (C=O) groups is 1. The average molecular weight is 449 g/mol. The molecule has 0 spiro atoms. The highest BCUT2D eigenvalue weighted by molar-refractivity contribution is 5.85. The van der Waals surface area contributed by atoms with Crippen LogP contribution in [-0.4, -0.2) is 32.4 Å². The Balaban J connectivity index is 1.56. The first kappa shape index (κ1) is 23.7.